The lowest BCUT2D eigenvalue weighted by Crippen LogP contribution is -2.33. The van der Waals surface area contributed by atoms with E-state index >= 15 is 0 Å². The predicted octanol–water partition coefficient (Wildman–Crippen LogP) is 2.04. The summed E-state index contributed by atoms with van der Waals surface area (Å²) in [6, 6.07) is 0. The molecule has 0 N–H and O–H groups in total. The lowest BCUT2D eigenvalue weighted by atomic mass is 10.4. The Hall–Kier alpha value is 0.390. The first kappa shape index (κ1) is 9.39. The van der Waals surface area contributed by atoms with Gasteiger partial charge in [-0.1, -0.05) is 13.8 Å². The second kappa shape index (κ2) is 4.24. The molecular weight excluding hydrogens is 129 g/mol. The summed E-state index contributed by atoms with van der Waals surface area (Å²) in [5.74, 6) is 0. The van der Waals surface area contributed by atoms with Gasteiger partial charge in [0.2, 0.25) is 0 Å². The largest absolute Gasteiger partial charge is 0.317 e. The SMILES string of the molecule is CCC[N+](C)(P)CCC. The maximum atomic E-state index is 2.89. The van der Waals surface area contributed by atoms with Crippen LogP contribution in [-0.2, 0) is 0 Å². The van der Waals surface area contributed by atoms with Crippen molar-refractivity contribution in [2.45, 2.75) is 26.7 Å². The van der Waals surface area contributed by atoms with E-state index in [9.17, 15) is 0 Å². The van der Waals surface area contributed by atoms with Crippen LogP contribution < -0.4 is 0 Å². The summed E-state index contributed by atoms with van der Waals surface area (Å²) in [4.78, 5) is 0. The van der Waals surface area contributed by atoms with E-state index in [2.05, 4.69) is 30.3 Å². The van der Waals surface area contributed by atoms with Gasteiger partial charge in [0.1, 0.15) is 0 Å². The van der Waals surface area contributed by atoms with Crippen LogP contribution in [0.5, 0.6) is 0 Å². The Morgan fingerprint density at radius 1 is 1.11 bits per heavy atom. The van der Waals surface area contributed by atoms with Crippen LogP contribution in [0.2, 0.25) is 0 Å². The Morgan fingerprint density at radius 2 is 1.44 bits per heavy atom. The summed E-state index contributed by atoms with van der Waals surface area (Å²) in [6.45, 7) is 7.02. The first-order chi connectivity index (χ1) is 4.12. The summed E-state index contributed by atoms with van der Waals surface area (Å²) in [7, 11) is 5.16. The van der Waals surface area contributed by atoms with E-state index in [0.717, 1.165) is 4.25 Å². The molecule has 0 amide bonds. The highest BCUT2D eigenvalue weighted by Crippen LogP contribution is 2.12. The molecule has 0 fully saturated rings. The third-order valence-electron chi connectivity index (χ3n) is 1.47. The van der Waals surface area contributed by atoms with Gasteiger partial charge in [-0.25, -0.2) is 0 Å². The first-order valence-corrected chi connectivity index (χ1v) is 4.27. The number of hydrogen-bond donors (Lipinski definition) is 0. The zero-order valence-corrected chi connectivity index (χ0v) is 8.01. The zero-order valence-electron chi connectivity index (χ0n) is 6.85. The van der Waals surface area contributed by atoms with Crippen molar-refractivity contribution in [2.24, 2.45) is 0 Å². The van der Waals surface area contributed by atoms with Crippen LogP contribution in [0, 0.1) is 0 Å². The molecule has 1 atom stereocenters. The van der Waals surface area contributed by atoms with Crippen LogP contribution in [0.25, 0.3) is 0 Å². The Balaban J connectivity index is 3.43. The molecule has 9 heavy (non-hydrogen) atoms. The number of hydrogen-bond acceptors (Lipinski definition) is 0. The van der Waals surface area contributed by atoms with Crippen molar-refractivity contribution in [2.75, 3.05) is 20.1 Å². The lowest BCUT2D eigenvalue weighted by Gasteiger charge is -2.28. The molecule has 0 heterocycles. The molecule has 0 saturated heterocycles. The van der Waals surface area contributed by atoms with Gasteiger partial charge in [0.05, 0.1) is 29.5 Å². The number of nitrogens with zero attached hydrogens (tertiary/aromatic N) is 1. The predicted molar refractivity (Wildman–Crippen MR) is 46.2 cm³/mol. The highest BCUT2D eigenvalue weighted by Gasteiger charge is 2.10. The van der Waals surface area contributed by atoms with Crippen LogP contribution in [-0.4, -0.2) is 24.4 Å². The summed E-state index contributed by atoms with van der Waals surface area (Å²) >= 11 is 0. The molecule has 0 aromatic rings. The first-order valence-electron chi connectivity index (χ1n) is 3.75. The van der Waals surface area contributed by atoms with Crippen LogP contribution in [0.1, 0.15) is 26.7 Å². The van der Waals surface area contributed by atoms with Gasteiger partial charge in [-0.2, -0.15) is 0 Å². The third kappa shape index (κ3) is 4.87. The fraction of sp³-hybridized carbons (Fsp3) is 1.00. The van der Waals surface area contributed by atoms with Gasteiger partial charge >= 0.3 is 0 Å². The Morgan fingerprint density at radius 3 is 1.67 bits per heavy atom. The second-order valence-electron chi connectivity index (χ2n) is 2.93. The molecule has 1 nitrogen and oxygen atoms in total. The summed E-state index contributed by atoms with van der Waals surface area (Å²) < 4.78 is 1.10. The molecule has 1 unspecified atom stereocenters. The minimum absolute atomic E-state index is 1.10. The molecule has 0 aliphatic carbocycles. The number of quaternary nitrogens is 1. The van der Waals surface area contributed by atoms with E-state index in [0.29, 0.717) is 0 Å². The van der Waals surface area contributed by atoms with E-state index in [1.807, 2.05) is 0 Å². The molecule has 2 heteroatoms. The van der Waals surface area contributed by atoms with Gasteiger partial charge in [-0.15, -0.1) is 0 Å². The molecule has 0 aromatic carbocycles. The fourth-order valence-corrected chi connectivity index (χ4v) is 1.65. The van der Waals surface area contributed by atoms with E-state index < -0.39 is 0 Å². The summed E-state index contributed by atoms with van der Waals surface area (Å²) in [5, 5.41) is 0. The molecule has 0 spiro atoms. The molecule has 0 radical (unpaired) electrons. The fourth-order valence-electron chi connectivity index (χ4n) is 1.13. The van der Waals surface area contributed by atoms with Crippen molar-refractivity contribution < 1.29 is 4.25 Å². The van der Waals surface area contributed by atoms with Crippen molar-refractivity contribution in [3.8, 4) is 0 Å². The minimum Gasteiger partial charge on any atom is -0.317 e. The van der Waals surface area contributed by atoms with E-state index in [1.54, 1.807) is 0 Å². The third-order valence-corrected chi connectivity index (χ3v) is 1.99. The molecule has 0 aliphatic heterocycles. The van der Waals surface area contributed by atoms with E-state index in [4.69, 9.17) is 0 Å². The van der Waals surface area contributed by atoms with Gasteiger partial charge in [0.15, 0.2) is 0 Å². The average molecular weight is 148 g/mol. The van der Waals surface area contributed by atoms with Crippen LogP contribution in [0.15, 0.2) is 0 Å². The Kier molecular flexibility index (Phi) is 4.43. The second-order valence-corrected chi connectivity index (χ2v) is 4.17. The summed E-state index contributed by atoms with van der Waals surface area (Å²) in [6.07, 6.45) is 2.56. The topological polar surface area (TPSA) is 0 Å². The normalized spacial score (nSPS) is 12.0. The van der Waals surface area contributed by atoms with E-state index in [1.165, 1.54) is 25.9 Å². The van der Waals surface area contributed by atoms with E-state index in [-0.39, 0.29) is 0 Å². The van der Waals surface area contributed by atoms with Crippen molar-refractivity contribution >= 4 is 9.39 Å². The molecule has 0 aliphatic rings. The van der Waals surface area contributed by atoms with Crippen molar-refractivity contribution in [3.05, 3.63) is 0 Å². The smallest absolute Gasteiger partial charge is 0.0788 e. The monoisotopic (exact) mass is 148 g/mol. The minimum atomic E-state index is 1.10. The molecular formula is C7H19NP+. The van der Waals surface area contributed by atoms with Gasteiger partial charge < -0.3 is 4.25 Å². The maximum Gasteiger partial charge on any atom is 0.0788 e. The van der Waals surface area contributed by atoms with Crippen LogP contribution >= 0.6 is 9.39 Å². The standard InChI is InChI=1S/C7H19NP/c1-4-6-8(3,9)7-5-2/h4-7,9H2,1-3H3/q+1. The van der Waals surface area contributed by atoms with Gasteiger partial charge in [0, 0.05) is 0 Å². The Bertz CT molecular complexity index is 63.3. The summed E-state index contributed by atoms with van der Waals surface area (Å²) in [5.41, 5.74) is 0. The quantitative estimate of drug-likeness (QED) is 0.535. The van der Waals surface area contributed by atoms with Crippen molar-refractivity contribution in [1.82, 2.24) is 0 Å². The van der Waals surface area contributed by atoms with Gasteiger partial charge in [-0.3, -0.25) is 0 Å². The highest BCUT2D eigenvalue weighted by molar-refractivity contribution is 7.08. The Labute approximate surface area is 61.3 Å². The van der Waals surface area contributed by atoms with Gasteiger partial charge in [-0.05, 0) is 12.8 Å². The van der Waals surface area contributed by atoms with Crippen LogP contribution in [0.4, 0.5) is 0 Å². The number of rotatable bonds is 4. The highest BCUT2D eigenvalue weighted by atomic mass is 31.0. The average Bonchev–Trinajstić information content (AvgIpc) is 1.64. The zero-order chi connectivity index (χ0) is 7.33. The molecule has 0 rings (SSSR count). The van der Waals surface area contributed by atoms with Crippen molar-refractivity contribution in [3.63, 3.8) is 0 Å². The van der Waals surface area contributed by atoms with Gasteiger partial charge in [0.25, 0.3) is 0 Å². The molecule has 0 saturated carbocycles. The molecule has 56 valence electrons. The molecule has 0 aromatic heterocycles. The lowest BCUT2D eigenvalue weighted by molar-refractivity contribution is -0.778. The maximum absolute atomic E-state index is 2.89. The van der Waals surface area contributed by atoms with Crippen LogP contribution in [0.3, 0.4) is 0 Å². The molecule has 0 bridgehead atoms. The van der Waals surface area contributed by atoms with Crippen molar-refractivity contribution in [1.29, 1.82) is 0 Å².